The summed E-state index contributed by atoms with van der Waals surface area (Å²) in [5, 5.41) is 9.19. The molecule has 5 heteroatoms. The molecule has 2 aromatic rings. The molecule has 3 rings (SSSR count). The van der Waals surface area contributed by atoms with Crippen LogP contribution in [0.15, 0.2) is 18.2 Å². The summed E-state index contributed by atoms with van der Waals surface area (Å²) < 4.78 is 2.47. The number of carboxylic acids is 1. The second kappa shape index (κ2) is 5.37. The van der Waals surface area contributed by atoms with Crippen LogP contribution in [0.2, 0.25) is 0 Å². The minimum absolute atomic E-state index is 0.275. The molecule has 0 amide bonds. The minimum atomic E-state index is -0.886. The Labute approximate surface area is 128 Å². The van der Waals surface area contributed by atoms with Crippen molar-refractivity contribution in [2.75, 3.05) is 6.26 Å². The summed E-state index contributed by atoms with van der Waals surface area (Å²) in [6, 6.07) is 5.19. The number of carbonyl (C=O) groups is 1. The largest absolute Gasteiger partial charge is 0.478 e. The molecule has 1 aliphatic rings. The third kappa shape index (κ3) is 2.55. The average Bonchev–Trinajstić information content (AvgIpc) is 3.05. The fraction of sp³-hybridized carbons (Fsp3) is 0.500. The van der Waals surface area contributed by atoms with Gasteiger partial charge in [0.05, 0.1) is 16.6 Å². The van der Waals surface area contributed by atoms with Gasteiger partial charge in [-0.25, -0.2) is 9.78 Å². The van der Waals surface area contributed by atoms with Gasteiger partial charge in [-0.1, -0.05) is 12.8 Å². The van der Waals surface area contributed by atoms with E-state index in [1.54, 1.807) is 12.1 Å². The molecular weight excluding hydrogens is 284 g/mol. The van der Waals surface area contributed by atoms with E-state index in [0.717, 1.165) is 23.4 Å². The van der Waals surface area contributed by atoms with E-state index in [1.165, 1.54) is 25.7 Å². The van der Waals surface area contributed by atoms with E-state index in [4.69, 9.17) is 0 Å². The van der Waals surface area contributed by atoms with Gasteiger partial charge in [-0.15, -0.1) is 0 Å². The lowest BCUT2D eigenvalue weighted by Gasteiger charge is -2.28. The molecule has 4 nitrogen and oxygen atoms in total. The Balaban J connectivity index is 2.06. The number of fused-ring (bicyclic) bond motifs is 1. The first-order valence-corrected chi connectivity index (χ1v) is 8.52. The van der Waals surface area contributed by atoms with Gasteiger partial charge in [0.2, 0.25) is 0 Å². The summed E-state index contributed by atoms with van der Waals surface area (Å²) in [6.07, 6.45) is 7.21. The van der Waals surface area contributed by atoms with E-state index < -0.39 is 5.97 Å². The number of nitrogens with zero attached hydrogens (tertiary/aromatic N) is 2. The van der Waals surface area contributed by atoms with Crippen molar-refractivity contribution in [2.45, 2.75) is 43.9 Å². The Morgan fingerprint density at radius 1 is 1.43 bits per heavy atom. The number of aryl methyl sites for hydroxylation is 1. The van der Waals surface area contributed by atoms with Crippen LogP contribution in [0.5, 0.6) is 0 Å². The monoisotopic (exact) mass is 304 g/mol. The molecule has 0 atom stereocenters. The van der Waals surface area contributed by atoms with E-state index in [2.05, 4.69) is 15.8 Å². The molecule has 0 radical (unpaired) electrons. The number of rotatable bonds is 4. The highest BCUT2D eigenvalue weighted by atomic mass is 32.2. The van der Waals surface area contributed by atoms with Crippen LogP contribution >= 0.6 is 11.8 Å². The minimum Gasteiger partial charge on any atom is -0.478 e. The number of imidazole rings is 1. The lowest BCUT2D eigenvalue weighted by atomic mass is 10.1. The second-order valence-corrected chi connectivity index (χ2v) is 7.12. The molecule has 1 heterocycles. The Morgan fingerprint density at radius 2 is 2.14 bits per heavy atom. The molecule has 0 unspecified atom stereocenters. The van der Waals surface area contributed by atoms with Crippen molar-refractivity contribution >= 4 is 28.8 Å². The van der Waals surface area contributed by atoms with E-state index in [1.807, 2.05) is 24.8 Å². The second-order valence-electron chi connectivity index (χ2n) is 5.85. The molecule has 21 heavy (non-hydrogen) atoms. The van der Waals surface area contributed by atoms with Crippen molar-refractivity contribution in [3.05, 3.63) is 29.6 Å². The summed E-state index contributed by atoms with van der Waals surface area (Å²) in [5.41, 5.74) is 2.15. The van der Waals surface area contributed by atoms with E-state index in [0.29, 0.717) is 5.56 Å². The topological polar surface area (TPSA) is 55.1 Å². The van der Waals surface area contributed by atoms with Crippen molar-refractivity contribution < 1.29 is 9.90 Å². The average molecular weight is 304 g/mol. The van der Waals surface area contributed by atoms with Crippen molar-refractivity contribution in [1.82, 2.24) is 9.55 Å². The van der Waals surface area contributed by atoms with Gasteiger partial charge < -0.3 is 9.67 Å². The molecule has 1 aromatic carbocycles. The predicted octanol–water partition coefficient (Wildman–Crippen LogP) is 3.72. The van der Waals surface area contributed by atoms with Crippen LogP contribution in [0, 0.1) is 6.92 Å². The van der Waals surface area contributed by atoms with Crippen LogP contribution in [-0.2, 0) is 6.54 Å². The Kier molecular flexibility index (Phi) is 3.69. The first-order chi connectivity index (χ1) is 10.0. The number of hydrogen-bond acceptors (Lipinski definition) is 3. The first-order valence-electron chi connectivity index (χ1n) is 7.30. The molecule has 1 fully saturated rings. The smallest absolute Gasteiger partial charge is 0.335 e. The van der Waals surface area contributed by atoms with Crippen LogP contribution in [0.4, 0.5) is 0 Å². The van der Waals surface area contributed by atoms with Gasteiger partial charge in [-0.05, 0) is 44.2 Å². The molecule has 1 N–H and O–H groups in total. The maximum atomic E-state index is 11.2. The zero-order valence-electron chi connectivity index (χ0n) is 12.4. The molecule has 1 aromatic heterocycles. The Morgan fingerprint density at radius 3 is 2.76 bits per heavy atom. The molecule has 1 saturated carbocycles. The number of thioether (sulfide) groups is 1. The highest BCUT2D eigenvalue weighted by molar-refractivity contribution is 8.00. The lowest BCUT2D eigenvalue weighted by Crippen LogP contribution is -2.27. The number of aromatic carboxylic acids is 1. The highest BCUT2D eigenvalue weighted by Gasteiger charge is 2.34. The van der Waals surface area contributed by atoms with Crippen molar-refractivity contribution in [3.63, 3.8) is 0 Å². The summed E-state index contributed by atoms with van der Waals surface area (Å²) in [7, 11) is 0. The molecule has 0 bridgehead atoms. The van der Waals surface area contributed by atoms with Gasteiger partial charge in [-0.2, -0.15) is 11.8 Å². The zero-order chi connectivity index (χ0) is 15.0. The fourth-order valence-electron chi connectivity index (χ4n) is 3.31. The predicted molar refractivity (Wildman–Crippen MR) is 86.1 cm³/mol. The summed E-state index contributed by atoms with van der Waals surface area (Å²) in [4.78, 5) is 15.8. The van der Waals surface area contributed by atoms with Crippen LogP contribution in [0.3, 0.4) is 0 Å². The molecule has 0 spiro atoms. The Bertz CT molecular complexity index is 687. The van der Waals surface area contributed by atoms with Crippen LogP contribution < -0.4 is 0 Å². The maximum absolute atomic E-state index is 11.2. The lowest BCUT2D eigenvalue weighted by molar-refractivity contribution is 0.0697. The van der Waals surface area contributed by atoms with Crippen LogP contribution in [-0.4, -0.2) is 31.6 Å². The fourth-order valence-corrected chi connectivity index (χ4v) is 4.27. The van der Waals surface area contributed by atoms with Gasteiger partial charge in [0.25, 0.3) is 0 Å². The number of aromatic nitrogens is 2. The standard InChI is InChI=1S/C16H20N2O2S/c1-11-17-13-6-5-12(15(19)20)9-14(13)18(11)10-16(21-2)7-3-4-8-16/h5-6,9H,3-4,7-8,10H2,1-2H3,(H,19,20). The molecule has 0 aliphatic heterocycles. The van der Waals surface area contributed by atoms with E-state index >= 15 is 0 Å². The maximum Gasteiger partial charge on any atom is 0.335 e. The molecular formula is C16H20N2O2S. The van der Waals surface area contributed by atoms with Gasteiger partial charge in [0.1, 0.15) is 5.82 Å². The number of carboxylic acid groups (broad SMARTS) is 1. The first kappa shape index (κ1) is 14.4. The Hall–Kier alpha value is -1.49. The zero-order valence-corrected chi connectivity index (χ0v) is 13.2. The van der Waals surface area contributed by atoms with Crippen molar-refractivity contribution in [3.8, 4) is 0 Å². The summed E-state index contributed by atoms with van der Waals surface area (Å²) >= 11 is 1.94. The van der Waals surface area contributed by atoms with Gasteiger partial charge >= 0.3 is 5.97 Å². The van der Waals surface area contributed by atoms with Crippen LogP contribution in [0.25, 0.3) is 11.0 Å². The number of benzene rings is 1. The third-order valence-corrected chi connectivity index (χ3v) is 5.98. The van der Waals surface area contributed by atoms with Crippen molar-refractivity contribution in [1.29, 1.82) is 0 Å². The number of hydrogen-bond donors (Lipinski definition) is 1. The molecule has 112 valence electrons. The summed E-state index contributed by atoms with van der Waals surface area (Å²) in [6.45, 7) is 2.92. The normalized spacial score (nSPS) is 17.4. The van der Waals surface area contributed by atoms with Gasteiger partial charge in [0.15, 0.2) is 0 Å². The molecule has 0 saturated heterocycles. The third-order valence-electron chi connectivity index (χ3n) is 4.58. The SMILES string of the molecule is CSC1(Cn2c(C)nc3ccc(C(=O)O)cc32)CCCC1. The van der Waals surface area contributed by atoms with Gasteiger partial charge in [0, 0.05) is 11.3 Å². The van der Waals surface area contributed by atoms with Gasteiger partial charge in [-0.3, -0.25) is 0 Å². The summed E-state index contributed by atoms with van der Waals surface area (Å²) in [5.74, 6) is 0.0793. The van der Waals surface area contributed by atoms with Crippen molar-refractivity contribution in [2.24, 2.45) is 0 Å². The van der Waals surface area contributed by atoms with E-state index in [-0.39, 0.29) is 4.75 Å². The van der Waals surface area contributed by atoms with Crippen LogP contribution in [0.1, 0.15) is 41.9 Å². The quantitative estimate of drug-likeness (QED) is 0.935. The van der Waals surface area contributed by atoms with E-state index in [9.17, 15) is 9.90 Å². The molecule has 1 aliphatic carbocycles. The highest BCUT2D eigenvalue weighted by Crippen LogP contribution is 2.42.